The van der Waals surface area contributed by atoms with E-state index in [-0.39, 0.29) is 23.7 Å². The van der Waals surface area contributed by atoms with Gasteiger partial charge in [-0.2, -0.15) is 0 Å². The van der Waals surface area contributed by atoms with Crippen LogP contribution in [0.25, 0.3) is 0 Å². The number of likely N-dealkylation sites (tertiary alicyclic amines) is 1. The van der Waals surface area contributed by atoms with Crippen molar-refractivity contribution >= 4 is 18.3 Å². The third kappa shape index (κ3) is 3.57. The van der Waals surface area contributed by atoms with Gasteiger partial charge in [0.2, 0.25) is 5.91 Å². The lowest BCUT2D eigenvalue weighted by Crippen LogP contribution is -2.39. The van der Waals surface area contributed by atoms with E-state index in [1.165, 1.54) is 12.8 Å². The van der Waals surface area contributed by atoms with Crippen LogP contribution in [0.5, 0.6) is 0 Å². The van der Waals surface area contributed by atoms with Crippen LogP contribution in [0.3, 0.4) is 0 Å². The van der Waals surface area contributed by atoms with Crippen LogP contribution in [0.4, 0.5) is 0 Å². The Morgan fingerprint density at radius 3 is 2.65 bits per heavy atom. The maximum Gasteiger partial charge on any atom is 0.224 e. The normalized spacial score (nSPS) is 31.1. The molecule has 3 N–H and O–H groups in total. The highest BCUT2D eigenvalue weighted by Gasteiger charge is 2.39. The summed E-state index contributed by atoms with van der Waals surface area (Å²) < 4.78 is 0. The highest BCUT2D eigenvalue weighted by Crippen LogP contribution is 2.30. The number of carbonyl (C=O) groups is 1. The second-order valence-electron chi connectivity index (χ2n) is 5.60. The number of hydrogen-bond donors (Lipinski definition) is 2. The molecular weight excluding hydrogens is 238 g/mol. The number of nitrogens with zero attached hydrogens (tertiary/aromatic N) is 1. The third-order valence-corrected chi connectivity index (χ3v) is 4.12. The molecule has 1 amide bonds. The molecule has 100 valence electrons. The first-order valence-corrected chi connectivity index (χ1v) is 6.33. The van der Waals surface area contributed by atoms with Gasteiger partial charge < -0.3 is 16.0 Å². The minimum Gasteiger partial charge on any atom is -0.369 e. The van der Waals surface area contributed by atoms with Gasteiger partial charge in [-0.15, -0.1) is 12.4 Å². The molecule has 0 aromatic heterocycles. The maximum absolute atomic E-state index is 11.3. The van der Waals surface area contributed by atoms with E-state index in [1.807, 2.05) is 6.92 Å². The summed E-state index contributed by atoms with van der Waals surface area (Å²) in [4.78, 5) is 13.8. The molecule has 2 heterocycles. The van der Waals surface area contributed by atoms with E-state index in [0.29, 0.717) is 0 Å². The Hall–Kier alpha value is -0.320. The SMILES string of the molecule is CC1(C(N)=O)CCN(CC2CCNCC2)C1.Cl. The van der Waals surface area contributed by atoms with E-state index < -0.39 is 0 Å². The molecule has 17 heavy (non-hydrogen) atoms. The van der Waals surface area contributed by atoms with Crippen LogP contribution < -0.4 is 11.1 Å². The Bertz CT molecular complexity index is 268. The van der Waals surface area contributed by atoms with Crippen molar-refractivity contribution in [3.05, 3.63) is 0 Å². The minimum atomic E-state index is -0.285. The Morgan fingerprint density at radius 1 is 1.47 bits per heavy atom. The van der Waals surface area contributed by atoms with Gasteiger partial charge >= 0.3 is 0 Å². The molecule has 2 aliphatic rings. The van der Waals surface area contributed by atoms with Gasteiger partial charge in [-0.1, -0.05) is 0 Å². The Kier molecular flexibility index (Phi) is 5.22. The lowest BCUT2D eigenvalue weighted by atomic mass is 9.89. The van der Waals surface area contributed by atoms with Crippen LogP contribution in [0.1, 0.15) is 26.2 Å². The van der Waals surface area contributed by atoms with Crippen LogP contribution in [-0.4, -0.2) is 43.5 Å². The van der Waals surface area contributed by atoms with Gasteiger partial charge in [0, 0.05) is 13.1 Å². The molecule has 0 aliphatic carbocycles. The number of rotatable bonds is 3. The summed E-state index contributed by atoms with van der Waals surface area (Å²) in [5.41, 5.74) is 5.17. The molecule has 1 unspecified atom stereocenters. The lowest BCUT2D eigenvalue weighted by molar-refractivity contribution is -0.126. The first kappa shape index (κ1) is 14.7. The van der Waals surface area contributed by atoms with Gasteiger partial charge in [0.15, 0.2) is 0 Å². The summed E-state index contributed by atoms with van der Waals surface area (Å²) in [5, 5.41) is 3.38. The number of carbonyl (C=O) groups excluding carboxylic acids is 1. The molecule has 2 aliphatic heterocycles. The van der Waals surface area contributed by atoms with Gasteiger partial charge in [0.1, 0.15) is 0 Å². The van der Waals surface area contributed by atoms with Crippen molar-refractivity contribution in [2.45, 2.75) is 26.2 Å². The molecule has 2 rings (SSSR count). The second kappa shape index (κ2) is 6.03. The number of nitrogens with two attached hydrogens (primary N) is 1. The van der Waals surface area contributed by atoms with Crippen molar-refractivity contribution in [1.29, 1.82) is 0 Å². The number of amides is 1. The first-order valence-electron chi connectivity index (χ1n) is 6.33. The fourth-order valence-electron chi connectivity index (χ4n) is 2.84. The predicted octanol–water partition coefficient (Wildman–Crippen LogP) is 0.605. The van der Waals surface area contributed by atoms with Gasteiger partial charge in [0.25, 0.3) is 0 Å². The first-order chi connectivity index (χ1) is 7.60. The number of halogens is 1. The Balaban J connectivity index is 0.00000144. The van der Waals surface area contributed by atoms with Crippen molar-refractivity contribution in [2.75, 3.05) is 32.7 Å². The molecule has 0 radical (unpaired) electrons. The van der Waals surface area contributed by atoms with Crippen molar-refractivity contribution in [3.8, 4) is 0 Å². The molecular formula is C12H24ClN3O. The van der Waals surface area contributed by atoms with Gasteiger partial charge in [-0.05, 0) is 51.7 Å². The summed E-state index contributed by atoms with van der Waals surface area (Å²) in [6, 6.07) is 0. The van der Waals surface area contributed by atoms with E-state index in [4.69, 9.17) is 5.73 Å². The largest absolute Gasteiger partial charge is 0.369 e. The summed E-state index contributed by atoms with van der Waals surface area (Å²) >= 11 is 0. The minimum absolute atomic E-state index is 0. The van der Waals surface area contributed by atoms with Crippen molar-refractivity contribution < 1.29 is 4.79 Å². The van der Waals surface area contributed by atoms with E-state index in [1.54, 1.807) is 0 Å². The van der Waals surface area contributed by atoms with Crippen molar-refractivity contribution in [2.24, 2.45) is 17.1 Å². The molecule has 2 fully saturated rings. The third-order valence-electron chi connectivity index (χ3n) is 4.12. The monoisotopic (exact) mass is 261 g/mol. The van der Waals surface area contributed by atoms with Gasteiger partial charge in [0.05, 0.1) is 5.41 Å². The lowest BCUT2D eigenvalue weighted by Gasteiger charge is -2.28. The molecule has 2 saturated heterocycles. The second-order valence-corrected chi connectivity index (χ2v) is 5.60. The number of piperidine rings is 1. The van der Waals surface area contributed by atoms with E-state index in [9.17, 15) is 4.79 Å². The van der Waals surface area contributed by atoms with Crippen LogP contribution in [0, 0.1) is 11.3 Å². The van der Waals surface area contributed by atoms with Crippen LogP contribution in [-0.2, 0) is 4.79 Å². The molecule has 0 aromatic rings. The molecule has 0 bridgehead atoms. The fourth-order valence-corrected chi connectivity index (χ4v) is 2.84. The van der Waals surface area contributed by atoms with E-state index in [2.05, 4.69) is 10.2 Å². The summed E-state index contributed by atoms with van der Waals surface area (Å²) in [6.45, 7) is 7.31. The number of hydrogen-bond acceptors (Lipinski definition) is 3. The smallest absolute Gasteiger partial charge is 0.224 e. The highest BCUT2D eigenvalue weighted by molar-refractivity contribution is 5.85. The summed E-state index contributed by atoms with van der Waals surface area (Å²) in [6.07, 6.45) is 3.46. The van der Waals surface area contributed by atoms with Crippen molar-refractivity contribution in [1.82, 2.24) is 10.2 Å². The molecule has 0 saturated carbocycles. The molecule has 0 spiro atoms. The Labute approximate surface area is 110 Å². The molecule has 4 nitrogen and oxygen atoms in total. The van der Waals surface area contributed by atoms with Crippen LogP contribution >= 0.6 is 12.4 Å². The predicted molar refractivity (Wildman–Crippen MR) is 71.2 cm³/mol. The summed E-state index contributed by atoms with van der Waals surface area (Å²) in [7, 11) is 0. The fraction of sp³-hybridized carbons (Fsp3) is 0.917. The quantitative estimate of drug-likeness (QED) is 0.783. The van der Waals surface area contributed by atoms with Gasteiger partial charge in [-0.25, -0.2) is 0 Å². The topological polar surface area (TPSA) is 58.4 Å². The average molecular weight is 262 g/mol. The molecule has 0 aromatic carbocycles. The van der Waals surface area contributed by atoms with Crippen LogP contribution in [0.2, 0.25) is 0 Å². The number of nitrogens with one attached hydrogen (secondary N) is 1. The Morgan fingerprint density at radius 2 is 2.12 bits per heavy atom. The molecule has 1 atom stereocenters. The average Bonchev–Trinajstić information content (AvgIpc) is 2.63. The van der Waals surface area contributed by atoms with Crippen LogP contribution in [0.15, 0.2) is 0 Å². The zero-order valence-electron chi connectivity index (χ0n) is 10.6. The molecule has 5 heteroatoms. The zero-order valence-corrected chi connectivity index (χ0v) is 11.4. The maximum atomic E-state index is 11.3. The zero-order chi connectivity index (χ0) is 11.6. The van der Waals surface area contributed by atoms with E-state index in [0.717, 1.165) is 45.1 Å². The highest BCUT2D eigenvalue weighted by atomic mass is 35.5. The van der Waals surface area contributed by atoms with Crippen molar-refractivity contribution in [3.63, 3.8) is 0 Å². The van der Waals surface area contributed by atoms with E-state index >= 15 is 0 Å². The standard InChI is InChI=1S/C12H23N3O.ClH/c1-12(11(13)16)4-7-15(9-12)8-10-2-5-14-6-3-10;/h10,14H,2-9H2,1H3,(H2,13,16);1H. The summed E-state index contributed by atoms with van der Waals surface area (Å²) in [5.74, 6) is 0.664. The van der Waals surface area contributed by atoms with Gasteiger partial charge in [-0.3, -0.25) is 4.79 Å². The number of primary amides is 1.